The van der Waals surface area contributed by atoms with Crippen LogP contribution in [0.1, 0.15) is 32.1 Å². The highest BCUT2D eigenvalue weighted by molar-refractivity contribution is 5.81. The molecule has 2 fully saturated rings. The molecule has 0 aliphatic carbocycles. The van der Waals surface area contributed by atoms with Crippen LogP contribution in [0, 0.1) is 5.92 Å². The van der Waals surface area contributed by atoms with Crippen molar-refractivity contribution >= 4 is 5.91 Å². The van der Waals surface area contributed by atoms with Gasteiger partial charge in [0.25, 0.3) is 5.91 Å². The van der Waals surface area contributed by atoms with E-state index >= 15 is 0 Å². The molecule has 0 radical (unpaired) electrons. The van der Waals surface area contributed by atoms with Gasteiger partial charge in [0.2, 0.25) is 0 Å². The summed E-state index contributed by atoms with van der Waals surface area (Å²) in [5, 5.41) is 4.23. The number of carbonyl (C=O) groups excluding carboxylic acids is 1. The van der Waals surface area contributed by atoms with E-state index in [0.717, 1.165) is 58.3 Å². The Balaban J connectivity index is 1.41. The molecule has 1 aromatic heterocycles. The largest absolute Gasteiger partial charge is 0.368 e. The molecule has 20 heavy (non-hydrogen) atoms. The molecular weight excluding hydrogens is 254 g/mol. The van der Waals surface area contributed by atoms with Crippen molar-refractivity contribution in [2.45, 2.75) is 44.8 Å². The maximum Gasteiger partial charge on any atom is 0.251 e. The first-order chi connectivity index (χ1) is 9.83. The van der Waals surface area contributed by atoms with Crippen molar-refractivity contribution in [3.63, 3.8) is 0 Å². The van der Waals surface area contributed by atoms with Crippen LogP contribution in [0.3, 0.4) is 0 Å². The van der Waals surface area contributed by atoms with Gasteiger partial charge in [0.15, 0.2) is 0 Å². The number of hydrogen-bond acceptors (Lipinski definition) is 3. The topological polar surface area (TPSA) is 47.4 Å². The summed E-state index contributed by atoms with van der Waals surface area (Å²) in [6, 6.07) is 1.96. The maximum atomic E-state index is 12.2. The van der Waals surface area contributed by atoms with Gasteiger partial charge in [-0.25, -0.2) is 0 Å². The van der Waals surface area contributed by atoms with Gasteiger partial charge in [-0.2, -0.15) is 5.10 Å². The molecule has 1 atom stereocenters. The Morgan fingerprint density at radius 2 is 2.15 bits per heavy atom. The molecule has 3 heterocycles. The van der Waals surface area contributed by atoms with Crippen LogP contribution >= 0.6 is 0 Å². The molecule has 3 rings (SSSR count). The zero-order valence-electron chi connectivity index (χ0n) is 11.9. The highest BCUT2D eigenvalue weighted by atomic mass is 16.5. The number of amides is 1. The van der Waals surface area contributed by atoms with Crippen LogP contribution in [0.5, 0.6) is 0 Å². The van der Waals surface area contributed by atoms with E-state index in [0.29, 0.717) is 5.92 Å². The molecule has 0 aromatic carbocycles. The first-order valence-electron chi connectivity index (χ1n) is 7.71. The molecule has 5 nitrogen and oxygen atoms in total. The van der Waals surface area contributed by atoms with Gasteiger partial charge in [-0.05, 0) is 44.1 Å². The lowest BCUT2D eigenvalue weighted by Crippen LogP contribution is -2.43. The fourth-order valence-electron chi connectivity index (χ4n) is 3.17. The average Bonchev–Trinajstić information content (AvgIpc) is 3.18. The summed E-state index contributed by atoms with van der Waals surface area (Å²) in [6.07, 6.45) is 8.98. The number of hydrogen-bond donors (Lipinski definition) is 0. The van der Waals surface area contributed by atoms with Crippen LogP contribution in [0.15, 0.2) is 18.5 Å². The van der Waals surface area contributed by atoms with Crippen molar-refractivity contribution in [1.29, 1.82) is 0 Å². The molecule has 2 aliphatic heterocycles. The second-order valence-corrected chi connectivity index (χ2v) is 5.83. The van der Waals surface area contributed by atoms with Gasteiger partial charge in [-0.1, -0.05) is 0 Å². The fraction of sp³-hybridized carbons (Fsp3) is 0.733. The van der Waals surface area contributed by atoms with Gasteiger partial charge >= 0.3 is 0 Å². The van der Waals surface area contributed by atoms with Crippen LogP contribution in [0.25, 0.3) is 0 Å². The van der Waals surface area contributed by atoms with E-state index in [1.165, 1.54) is 0 Å². The summed E-state index contributed by atoms with van der Waals surface area (Å²) in [5.41, 5.74) is 0. The van der Waals surface area contributed by atoms with Gasteiger partial charge in [-0.15, -0.1) is 0 Å². The van der Waals surface area contributed by atoms with Crippen LogP contribution < -0.4 is 0 Å². The predicted octanol–water partition coefficient (Wildman–Crippen LogP) is 1.69. The maximum absolute atomic E-state index is 12.2. The number of nitrogens with zero attached hydrogens (tertiary/aromatic N) is 3. The van der Waals surface area contributed by atoms with Crippen LogP contribution in [0.4, 0.5) is 0 Å². The minimum Gasteiger partial charge on any atom is -0.368 e. The van der Waals surface area contributed by atoms with E-state index in [1.807, 2.05) is 28.0 Å². The van der Waals surface area contributed by atoms with Gasteiger partial charge in [-0.3, -0.25) is 9.48 Å². The van der Waals surface area contributed by atoms with Gasteiger partial charge in [0.05, 0.1) is 0 Å². The number of carbonyl (C=O) groups is 1. The molecule has 0 bridgehead atoms. The summed E-state index contributed by atoms with van der Waals surface area (Å²) < 4.78 is 7.48. The molecule has 1 aromatic rings. The summed E-state index contributed by atoms with van der Waals surface area (Å²) in [6.45, 7) is 3.51. The molecule has 2 saturated heterocycles. The van der Waals surface area contributed by atoms with E-state index < -0.39 is 0 Å². The Morgan fingerprint density at radius 1 is 1.30 bits per heavy atom. The van der Waals surface area contributed by atoms with E-state index in [1.54, 1.807) is 0 Å². The average molecular weight is 277 g/mol. The van der Waals surface area contributed by atoms with Gasteiger partial charge in [0.1, 0.15) is 6.10 Å². The van der Waals surface area contributed by atoms with E-state index in [-0.39, 0.29) is 12.0 Å². The molecule has 110 valence electrons. The molecule has 5 heteroatoms. The van der Waals surface area contributed by atoms with Crippen molar-refractivity contribution in [3.05, 3.63) is 18.5 Å². The minimum absolute atomic E-state index is 0.157. The monoisotopic (exact) mass is 277 g/mol. The predicted molar refractivity (Wildman–Crippen MR) is 75.1 cm³/mol. The number of likely N-dealkylation sites (tertiary alicyclic amines) is 1. The quantitative estimate of drug-likeness (QED) is 0.841. The zero-order valence-corrected chi connectivity index (χ0v) is 11.9. The third-order valence-corrected chi connectivity index (χ3v) is 4.46. The van der Waals surface area contributed by atoms with E-state index in [2.05, 4.69) is 5.10 Å². The Hall–Kier alpha value is -1.36. The van der Waals surface area contributed by atoms with Crippen LogP contribution in [-0.2, 0) is 16.1 Å². The molecular formula is C15H23N3O2. The molecule has 0 saturated carbocycles. The number of aromatic nitrogens is 2. The first kappa shape index (κ1) is 13.6. The normalized spacial score (nSPS) is 24.2. The smallest absolute Gasteiger partial charge is 0.251 e. The Labute approximate surface area is 119 Å². The number of ether oxygens (including phenoxy) is 1. The van der Waals surface area contributed by atoms with Crippen molar-refractivity contribution in [3.8, 4) is 0 Å². The van der Waals surface area contributed by atoms with Crippen LogP contribution in [0.2, 0.25) is 0 Å². The second kappa shape index (κ2) is 6.39. The molecule has 0 N–H and O–H groups in total. The van der Waals surface area contributed by atoms with E-state index in [4.69, 9.17) is 4.74 Å². The van der Waals surface area contributed by atoms with Crippen molar-refractivity contribution in [2.24, 2.45) is 5.92 Å². The SMILES string of the molecule is O=C([C@H]1CCCO1)N1CCC(CCn2cccn2)CC1. The van der Waals surface area contributed by atoms with E-state index in [9.17, 15) is 4.79 Å². The standard InChI is InChI=1S/C15H23N3O2/c19-15(14-3-1-12-20-14)17-9-4-13(5-10-17)6-11-18-8-2-7-16-18/h2,7-8,13-14H,1,3-6,9-12H2/t14-/m1/s1. The molecule has 0 spiro atoms. The van der Waals surface area contributed by atoms with Gasteiger partial charge < -0.3 is 9.64 Å². The highest BCUT2D eigenvalue weighted by Crippen LogP contribution is 2.23. The lowest BCUT2D eigenvalue weighted by molar-refractivity contribution is -0.142. The molecule has 2 aliphatic rings. The Bertz CT molecular complexity index is 418. The highest BCUT2D eigenvalue weighted by Gasteiger charge is 2.30. The number of rotatable bonds is 4. The zero-order chi connectivity index (χ0) is 13.8. The summed E-state index contributed by atoms with van der Waals surface area (Å²) in [5.74, 6) is 0.931. The summed E-state index contributed by atoms with van der Waals surface area (Å²) in [4.78, 5) is 14.2. The lowest BCUT2D eigenvalue weighted by Gasteiger charge is -2.33. The van der Waals surface area contributed by atoms with Gasteiger partial charge in [0, 0.05) is 38.6 Å². The number of piperidine rings is 1. The third kappa shape index (κ3) is 3.20. The Morgan fingerprint density at radius 3 is 2.80 bits per heavy atom. The summed E-state index contributed by atoms with van der Waals surface area (Å²) >= 11 is 0. The number of aryl methyl sites for hydroxylation is 1. The minimum atomic E-state index is -0.157. The lowest BCUT2D eigenvalue weighted by atomic mass is 9.93. The molecule has 0 unspecified atom stereocenters. The van der Waals surface area contributed by atoms with Crippen LogP contribution in [-0.4, -0.2) is 46.4 Å². The third-order valence-electron chi connectivity index (χ3n) is 4.46. The first-order valence-corrected chi connectivity index (χ1v) is 7.71. The van der Waals surface area contributed by atoms with Crippen molar-refractivity contribution in [1.82, 2.24) is 14.7 Å². The molecule has 1 amide bonds. The van der Waals surface area contributed by atoms with Crippen molar-refractivity contribution in [2.75, 3.05) is 19.7 Å². The Kier molecular flexibility index (Phi) is 4.35. The second-order valence-electron chi connectivity index (χ2n) is 5.83. The van der Waals surface area contributed by atoms with Crippen molar-refractivity contribution < 1.29 is 9.53 Å². The fourth-order valence-corrected chi connectivity index (χ4v) is 3.17. The summed E-state index contributed by atoms with van der Waals surface area (Å²) in [7, 11) is 0.